The number of carbonyl (C=O) groups is 1. The van der Waals surface area contributed by atoms with E-state index in [-0.39, 0.29) is 11.9 Å². The molecular formula is C29H32F2N2O4. The first kappa shape index (κ1) is 24.1. The molecule has 2 aromatic carbocycles. The molecular weight excluding hydrogens is 478 g/mol. The smallest absolute Gasteiger partial charge is 0.254 e. The Morgan fingerprint density at radius 2 is 1.95 bits per heavy atom. The van der Waals surface area contributed by atoms with Gasteiger partial charge in [0.05, 0.1) is 13.7 Å². The fraction of sp³-hybridized carbons (Fsp3) is 0.483. The minimum absolute atomic E-state index is 0.144. The number of carbonyl (C=O) groups excluding carboxylic acids is 1. The van der Waals surface area contributed by atoms with Crippen LogP contribution in [0.1, 0.15) is 61.9 Å². The van der Waals surface area contributed by atoms with Gasteiger partial charge in [-0.05, 0) is 55.5 Å². The van der Waals surface area contributed by atoms with Crippen molar-refractivity contribution in [2.75, 3.05) is 20.2 Å². The monoisotopic (exact) mass is 510 g/mol. The number of rotatable bonds is 3. The van der Waals surface area contributed by atoms with Crippen LogP contribution in [0.25, 0.3) is 6.08 Å². The van der Waals surface area contributed by atoms with Crippen LogP contribution in [0.3, 0.4) is 0 Å². The SMILES string of the molecule is COc1cc(C(=O)N2C/C(=C/c3ccc(F)cc3F)N3[C@@H](C[C@@H]4CCCC[C@@H]43)C2)cc2c1OC(C)(C)O2. The average Bonchev–Trinajstić information content (AvgIpc) is 3.40. The predicted octanol–water partition coefficient (Wildman–Crippen LogP) is 5.61. The molecule has 2 saturated heterocycles. The van der Waals surface area contributed by atoms with Crippen LogP contribution < -0.4 is 14.2 Å². The first-order valence-corrected chi connectivity index (χ1v) is 13.1. The standard InChI is InChI=1S/C29H32F2N2O4/c1-29(2)36-26-13-19(12-25(35-3)27(26)37-29)28(34)32-15-21(10-17-8-9-20(30)14-23(17)31)33-22(16-32)11-18-6-4-5-7-24(18)33/h8-10,12-14,18,22,24H,4-7,11,15-16H2,1-3H3/b21-10-/t18-,22-,24-/m0/s1. The third-order valence-electron chi connectivity index (χ3n) is 8.07. The molecule has 2 aromatic rings. The van der Waals surface area contributed by atoms with Crippen LogP contribution in [0.5, 0.6) is 17.2 Å². The highest BCUT2D eigenvalue weighted by molar-refractivity contribution is 5.96. The molecule has 0 unspecified atom stereocenters. The van der Waals surface area contributed by atoms with E-state index in [9.17, 15) is 13.6 Å². The van der Waals surface area contributed by atoms with Crippen molar-refractivity contribution in [2.45, 2.75) is 63.8 Å². The molecule has 3 atom stereocenters. The summed E-state index contributed by atoms with van der Waals surface area (Å²) in [5.74, 6) is -0.221. The number of hydrogen-bond acceptors (Lipinski definition) is 5. The molecule has 6 rings (SSSR count). The fourth-order valence-corrected chi connectivity index (χ4v) is 6.58. The Kier molecular flexibility index (Phi) is 5.81. The second kappa shape index (κ2) is 8.92. The van der Waals surface area contributed by atoms with Crippen LogP contribution in [-0.4, -0.2) is 53.8 Å². The second-order valence-corrected chi connectivity index (χ2v) is 11.0. The van der Waals surface area contributed by atoms with Gasteiger partial charge in [0.1, 0.15) is 11.6 Å². The Bertz CT molecular complexity index is 1280. The van der Waals surface area contributed by atoms with Crippen LogP contribution in [0, 0.1) is 17.6 Å². The van der Waals surface area contributed by atoms with Crippen LogP contribution in [0.4, 0.5) is 8.78 Å². The Morgan fingerprint density at radius 3 is 2.73 bits per heavy atom. The maximum Gasteiger partial charge on any atom is 0.254 e. The van der Waals surface area contributed by atoms with Gasteiger partial charge in [-0.1, -0.05) is 12.8 Å². The predicted molar refractivity (Wildman–Crippen MR) is 135 cm³/mol. The van der Waals surface area contributed by atoms with Crippen molar-refractivity contribution in [2.24, 2.45) is 5.92 Å². The van der Waals surface area contributed by atoms with Crippen molar-refractivity contribution in [1.29, 1.82) is 0 Å². The highest BCUT2D eigenvalue weighted by atomic mass is 19.1. The highest BCUT2D eigenvalue weighted by Gasteiger charge is 2.47. The quantitative estimate of drug-likeness (QED) is 0.537. The van der Waals surface area contributed by atoms with Gasteiger partial charge in [0, 0.05) is 55.4 Å². The summed E-state index contributed by atoms with van der Waals surface area (Å²) in [6.07, 6.45) is 7.49. The third kappa shape index (κ3) is 4.30. The zero-order valence-electron chi connectivity index (χ0n) is 21.4. The Morgan fingerprint density at radius 1 is 1.14 bits per heavy atom. The van der Waals surface area contributed by atoms with Crippen LogP contribution in [-0.2, 0) is 0 Å². The summed E-state index contributed by atoms with van der Waals surface area (Å²) >= 11 is 0. The highest BCUT2D eigenvalue weighted by Crippen LogP contribution is 2.48. The Labute approximate surface area is 215 Å². The number of hydrogen-bond donors (Lipinski definition) is 0. The number of halogens is 2. The first-order chi connectivity index (χ1) is 17.7. The fourth-order valence-electron chi connectivity index (χ4n) is 6.58. The molecule has 1 amide bonds. The van der Waals surface area contributed by atoms with E-state index in [0.29, 0.717) is 53.4 Å². The molecule has 196 valence electrons. The number of ether oxygens (including phenoxy) is 3. The van der Waals surface area contributed by atoms with Crippen molar-refractivity contribution >= 4 is 12.0 Å². The van der Waals surface area contributed by atoms with Crippen LogP contribution in [0.15, 0.2) is 36.0 Å². The van der Waals surface area contributed by atoms with Gasteiger partial charge >= 0.3 is 0 Å². The molecule has 1 saturated carbocycles. The number of fused-ring (bicyclic) bond motifs is 4. The van der Waals surface area contributed by atoms with E-state index in [1.807, 2.05) is 4.90 Å². The normalized spacial score (nSPS) is 26.7. The third-order valence-corrected chi connectivity index (χ3v) is 8.07. The molecule has 0 spiro atoms. The first-order valence-electron chi connectivity index (χ1n) is 13.1. The van der Waals surface area contributed by atoms with E-state index in [4.69, 9.17) is 14.2 Å². The summed E-state index contributed by atoms with van der Waals surface area (Å²) in [7, 11) is 1.54. The van der Waals surface area contributed by atoms with E-state index in [1.165, 1.54) is 38.5 Å². The average molecular weight is 511 g/mol. The van der Waals surface area contributed by atoms with Gasteiger partial charge in [-0.15, -0.1) is 0 Å². The van der Waals surface area contributed by atoms with Gasteiger partial charge < -0.3 is 24.0 Å². The summed E-state index contributed by atoms with van der Waals surface area (Å²) < 4.78 is 45.5. The summed E-state index contributed by atoms with van der Waals surface area (Å²) in [6.45, 7) is 4.55. The lowest BCUT2D eigenvalue weighted by Crippen LogP contribution is -2.53. The lowest BCUT2D eigenvalue weighted by molar-refractivity contribution is -0.0439. The van der Waals surface area contributed by atoms with Crippen molar-refractivity contribution in [1.82, 2.24) is 9.80 Å². The minimum Gasteiger partial charge on any atom is -0.493 e. The number of nitrogens with zero attached hydrogens (tertiary/aromatic N) is 2. The summed E-state index contributed by atoms with van der Waals surface area (Å²) in [6, 6.07) is 7.60. The van der Waals surface area contributed by atoms with Crippen LogP contribution >= 0.6 is 0 Å². The molecule has 3 fully saturated rings. The van der Waals surface area contributed by atoms with Crippen molar-refractivity contribution in [3.63, 3.8) is 0 Å². The number of amides is 1. The van der Waals surface area contributed by atoms with E-state index in [2.05, 4.69) is 4.90 Å². The molecule has 4 aliphatic rings. The Balaban J connectivity index is 1.35. The van der Waals surface area contributed by atoms with Gasteiger partial charge in [0.25, 0.3) is 5.91 Å². The summed E-state index contributed by atoms with van der Waals surface area (Å²) in [5, 5.41) is 0. The van der Waals surface area contributed by atoms with Crippen molar-refractivity contribution in [3.05, 3.63) is 58.8 Å². The number of piperazine rings is 1. The largest absolute Gasteiger partial charge is 0.493 e. The molecule has 0 radical (unpaired) electrons. The maximum atomic E-state index is 14.7. The van der Waals surface area contributed by atoms with E-state index >= 15 is 0 Å². The summed E-state index contributed by atoms with van der Waals surface area (Å²) in [4.78, 5) is 18.1. The molecule has 0 aromatic heterocycles. The maximum absolute atomic E-state index is 14.7. The molecule has 1 aliphatic carbocycles. The van der Waals surface area contributed by atoms with E-state index in [0.717, 1.165) is 24.6 Å². The Hall–Kier alpha value is -3.29. The number of benzene rings is 2. The number of methoxy groups -OCH3 is 1. The van der Waals surface area contributed by atoms with Crippen molar-refractivity contribution in [3.8, 4) is 17.2 Å². The van der Waals surface area contributed by atoms with Gasteiger partial charge in [-0.25, -0.2) is 8.78 Å². The molecule has 3 heterocycles. The van der Waals surface area contributed by atoms with Gasteiger partial charge in [-0.2, -0.15) is 0 Å². The zero-order chi connectivity index (χ0) is 25.9. The lowest BCUT2D eigenvalue weighted by atomic mass is 9.85. The summed E-state index contributed by atoms with van der Waals surface area (Å²) in [5.41, 5.74) is 1.68. The van der Waals surface area contributed by atoms with E-state index in [1.54, 1.807) is 32.1 Å². The van der Waals surface area contributed by atoms with Gasteiger partial charge in [0.15, 0.2) is 11.5 Å². The van der Waals surface area contributed by atoms with Crippen LogP contribution in [0.2, 0.25) is 0 Å². The van der Waals surface area contributed by atoms with Crippen molar-refractivity contribution < 1.29 is 27.8 Å². The molecule has 3 aliphatic heterocycles. The second-order valence-electron chi connectivity index (χ2n) is 11.0. The minimum atomic E-state index is -0.849. The zero-order valence-corrected chi connectivity index (χ0v) is 21.4. The molecule has 6 nitrogen and oxygen atoms in total. The molecule has 0 bridgehead atoms. The molecule has 8 heteroatoms. The van der Waals surface area contributed by atoms with Gasteiger partial charge in [0.2, 0.25) is 11.5 Å². The lowest BCUT2D eigenvalue weighted by Gasteiger charge is -2.44. The van der Waals surface area contributed by atoms with E-state index < -0.39 is 17.4 Å². The molecule has 0 N–H and O–H groups in total. The molecule has 37 heavy (non-hydrogen) atoms. The van der Waals surface area contributed by atoms with Gasteiger partial charge in [-0.3, -0.25) is 4.79 Å². The topological polar surface area (TPSA) is 51.2 Å².